The van der Waals surface area contributed by atoms with Gasteiger partial charge in [0, 0.05) is 18.4 Å². The second-order valence-electron chi connectivity index (χ2n) is 4.18. The van der Waals surface area contributed by atoms with Crippen molar-refractivity contribution in [2.75, 3.05) is 13.1 Å². The molecule has 0 amide bonds. The maximum Gasteiger partial charge on any atom is 0.0312 e. The Hall–Kier alpha value is -0.800. The number of aromatic amines is 1. The van der Waals surface area contributed by atoms with E-state index in [9.17, 15) is 0 Å². The minimum absolute atomic E-state index is 0.212. The normalized spacial score (nSPS) is 20.9. The molecule has 0 spiro atoms. The first kappa shape index (κ1) is 9.74. The molecule has 1 fully saturated rings. The van der Waals surface area contributed by atoms with Gasteiger partial charge in [0.1, 0.15) is 0 Å². The molecule has 0 aliphatic carbocycles. The fraction of sp³-hybridized carbons (Fsp3) is 0.636. The third-order valence-electron chi connectivity index (χ3n) is 3.10. The van der Waals surface area contributed by atoms with Crippen LogP contribution < -0.4 is 11.1 Å². The summed E-state index contributed by atoms with van der Waals surface area (Å²) in [5.74, 6) is 0.807. The lowest BCUT2D eigenvalue weighted by Crippen LogP contribution is -2.29. The van der Waals surface area contributed by atoms with Crippen LogP contribution in [0.25, 0.3) is 0 Å². The summed E-state index contributed by atoms with van der Waals surface area (Å²) in [6.45, 7) is 2.31. The van der Waals surface area contributed by atoms with Gasteiger partial charge in [-0.15, -0.1) is 0 Å². The van der Waals surface area contributed by atoms with Gasteiger partial charge in [-0.05, 0) is 49.9 Å². The van der Waals surface area contributed by atoms with E-state index < -0.39 is 0 Å². The molecular weight excluding hydrogens is 174 g/mol. The third-order valence-corrected chi connectivity index (χ3v) is 3.10. The molecule has 78 valence electrons. The quantitative estimate of drug-likeness (QED) is 0.679. The molecular formula is C11H19N3. The van der Waals surface area contributed by atoms with E-state index in [4.69, 9.17) is 5.73 Å². The van der Waals surface area contributed by atoms with Crippen LogP contribution in [0.4, 0.5) is 0 Å². The fourth-order valence-corrected chi connectivity index (χ4v) is 2.18. The molecule has 2 heterocycles. The number of hydrogen-bond donors (Lipinski definition) is 3. The molecule has 1 aliphatic heterocycles. The lowest BCUT2D eigenvalue weighted by atomic mass is 9.89. The van der Waals surface area contributed by atoms with Crippen LogP contribution >= 0.6 is 0 Å². The first-order valence-electron chi connectivity index (χ1n) is 5.45. The van der Waals surface area contributed by atoms with Crippen LogP contribution in [-0.4, -0.2) is 18.1 Å². The van der Waals surface area contributed by atoms with Gasteiger partial charge in [-0.1, -0.05) is 0 Å². The highest BCUT2D eigenvalue weighted by Crippen LogP contribution is 2.24. The predicted molar refractivity (Wildman–Crippen MR) is 57.9 cm³/mol. The summed E-state index contributed by atoms with van der Waals surface area (Å²) < 4.78 is 0. The topological polar surface area (TPSA) is 53.8 Å². The largest absolute Gasteiger partial charge is 0.367 e. The molecule has 1 aliphatic rings. The summed E-state index contributed by atoms with van der Waals surface area (Å²) >= 11 is 0. The highest BCUT2D eigenvalue weighted by atomic mass is 14.9. The van der Waals surface area contributed by atoms with Crippen LogP contribution in [0.15, 0.2) is 18.5 Å². The van der Waals surface area contributed by atoms with Gasteiger partial charge < -0.3 is 16.0 Å². The van der Waals surface area contributed by atoms with E-state index in [-0.39, 0.29) is 6.04 Å². The number of piperidine rings is 1. The Morgan fingerprint density at radius 1 is 1.43 bits per heavy atom. The highest BCUT2D eigenvalue weighted by molar-refractivity contribution is 5.13. The van der Waals surface area contributed by atoms with Crippen molar-refractivity contribution in [2.45, 2.75) is 25.3 Å². The molecule has 4 N–H and O–H groups in total. The number of nitrogens with two attached hydrogens (primary N) is 1. The van der Waals surface area contributed by atoms with Crippen molar-refractivity contribution in [1.29, 1.82) is 0 Å². The Kier molecular flexibility index (Phi) is 3.22. The van der Waals surface area contributed by atoms with E-state index in [2.05, 4.69) is 16.4 Å². The van der Waals surface area contributed by atoms with Crippen LogP contribution in [0.3, 0.4) is 0 Å². The van der Waals surface area contributed by atoms with Crippen LogP contribution in [0.2, 0.25) is 0 Å². The van der Waals surface area contributed by atoms with E-state index in [0.29, 0.717) is 0 Å². The molecule has 0 saturated carbocycles. The minimum Gasteiger partial charge on any atom is -0.367 e. The van der Waals surface area contributed by atoms with Crippen molar-refractivity contribution in [1.82, 2.24) is 10.3 Å². The van der Waals surface area contributed by atoms with Crippen molar-refractivity contribution < 1.29 is 0 Å². The SMILES string of the molecule is NC(CC1CCNCC1)c1cc[nH]c1. The maximum absolute atomic E-state index is 6.13. The molecule has 1 saturated heterocycles. The predicted octanol–water partition coefficient (Wildman–Crippen LogP) is 1.40. The zero-order chi connectivity index (χ0) is 9.80. The fourth-order valence-electron chi connectivity index (χ4n) is 2.18. The van der Waals surface area contributed by atoms with E-state index >= 15 is 0 Å². The molecule has 0 radical (unpaired) electrons. The second kappa shape index (κ2) is 4.62. The lowest BCUT2D eigenvalue weighted by Gasteiger charge is -2.24. The minimum atomic E-state index is 0.212. The van der Waals surface area contributed by atoms with E-state index in [1.54, 1.807) is 0 Å². The first-order valence-corrected chi connectivity index (χ1v) is 5.45. The summed E-state index contributed by atoms with van der Waals surface area (Å²) in [4.78, 5) is 3.06. The van der Waals surface area contributed by atoms with Gasteiger partial charge in [0.15, 0.2) is 0 Å². The zero-order valence-electron chi connectivity index (χ0n) is 8.50. The van der Waals surface area contributed by atoms with Crippen molar-refractivity contribution in [3.05, 3.63) is 24.0 Å². The lowest BCUT2D eigenvalue weighted by molar-refractivity contribution is 0.333. The number of rotatable bonds is 3. The van der Waals surface area contributed by atoms with Gasteiger partial charge in [0.2, 0.25) is 0 Å². The van der Waals surface area contributed by atoms with Crippen molar-refractivity contribution >= 4 is 0 Å². The molecule has 1 aromatic rings. The number of H-pyrrole nitrogens is 1. The first-order chi connectivity index (χ1) is 6.86. The van der Waals surface area contributed by atoms with Crippen LogP contribution in [0, 0.1) is 5.92 Å². The average Bonchev–Trinajstić information content (AvgIpc) is 2.72. The van der Waals surface area contributed by atoms with Gasteiger partial charge >= 0.3 is 0 Å². The molecule has 14 heavy (non-hydrogen) atoms. The maximum atomic E-state index is 6.13. The summed E-state index contributed by atoms with van der Waals surface area (Å²) in [6, 6.07) is 2.29. The second-order valence-corrected chi connectivity index (χ2v) is 4.18. The number of hydrogen-bond acceptors (Lipinski definition) is 2. The average molecular weight is 193 g/mol. The van der Waals surface area contributed by atoms with E-state index in [1.165, 1.54) is 18.4 Å². The van der Waals surface area contributed by atoms with Crippen LogP contribution in [-0.2, 0) is 0 Å². The van der Waals surface area contributed by atoms with E-state index in [0.717, 1.165) is 25.4 Å². The van der Waals surface area contributed by atoms with E-state index in [1.807, 2.05) is 12.4 Å². The number of aromatic nitrogens is 1. The Morgan fingerprint density at radius 3 is 2.86 bits per heavy atom. The van der Waals surface area contributed by atoms with Crippen LogP contribution in [0.5, 0.6) is 0 Å². The third kappa shape index (κ3) is 2.36. The standard InChI is InChI=1S/C11H19N3/c12-11(10-3-6-14-8-10)7-9-1-4-13-5-2-9/h3,6,8-9,11,13-14H,1-2,4-5,7,12H2. The summed E-state index contributed by atoms with van der Waals surface area (Å²) in [7, 11) is 0. The molecule has 3 nitrogen and oxygen atoms in total. The van der Waals surface area contributed by atoms with Crippen molar-refractivity contribution in [2.24, 2.45) is 11.7 Å². The Balaban J connectivity index is 1.84. The molecule has 3 heteroatoms. The van der Waals surface area contributed by atoms with Gasteiger partial charge in [0.05, 0.1) is 0 Å². The molecule has 1 atom stereocenters. The Labute approximate surface area is 85.1 Å². The molecule has 1 aromatic heterocycles. The highest BCUT2D eigenvalue weighted by Gasteiger charge is 2.17. The smallest absolute Gasteiger partial charge is 0.0312 e. The van der Waals surface area contributed by atoms with Crippen LogP contribution in [0.1, 0.15) is 30.9 Å². The molecule has 2 rings (SSSR count). The molecule has 0 aromatic carbocycles. The monoisotopic (exact) mass is 193 g/mol. The Morgan fingerprint density at radius 2 is 2.21 bits per heavy atom. The van der Waals surface area contributed by atoms with Gasteiger partial charge in [-0.25, -0.2) is 0 Å². The molecule has 1 unspecified atom stereocenters. The summed E-state index contributed by atoms with van der Waals surface area (Å²) in [5, 5.41) is 3.38. The van der Waals surface area contributed by atoms with Crippen molar-refractivity contribution in [3.63, 3.8) is 0 Å². The Bertz CT molecular complexity index is 250. The summed E-state index contributed by atoms with van der Waals surface area (Å²) in [6.07, 6.45) is 7.62. The van der Waals surface area contributed by atoms with Gasteiger partial charge in [0.25, 0.3) is 0 Å². The van der Waals surface area contributed by atoms with Crippen molar-refractivity contribution in [3.8, 4) is 0 Å². The molecule has 0 bridgehead atoms. The summed E-state index contributed by atoms with van der Waals surface area (Å²) in [5.41, 5.74) is 7.37. The van der Waals surface area contributed by atoms with Gasteiger partial charge in [-0.2, -0.15) is 0 Å². The number of nitrogens with one attached hydrogen (secondary N) is 2. The van der Waals surface area contributed by atoms with Gasteiger partial charge in [-0.3, -0.25) is 0 Å². The zero-order valence-corrected chi connectivity index (χ0v) is 8.50.